The Morgan fingerprint density at radius 3 is 1.84 bits per heavy atom. The Morgan fingerprint density at radius 1 is 0.855 bits per heavy atom. The van der Waals surface area contributed by atoms with Gasteiger partial charge in [-0.25, -0.2) is 9.97 Å². The summed E-state index contributed by atoms with van der Waals surface area (Å²) >= 11 is 13.9. The number of alkyl halides is 4. The van der Waals surface area contributed by atoms with Crippen LogP contribution in [0.15, 0.2) is 60.9 Å². The summed E-state index contributed by atoms with van der Waals surface area (Å²) in [6.45, 7) is 2.84. The number of benzene rings is 2. The van der Waals surface area contributed by atoms with Gasteiger partial charge in [-0.2, -0.15) is 17.6 Å². The molecule has 0 unspecified atom stereocenters. The topological polar surface area (TPSA) is 131 Å². The lowest BCUT2D eigenvalue weighted by Crippen LogP contribution is -2.54. The number of aromatic nitrogens is 2. The molecule has 55 heavy (non-hydrogen) atoms. The number of fused-ring (bicyclic) bond motifs is 2. The smallest absolute Gasteiger partial charge is 0.421 e. The second kappa shape index (κ2) is 14.4. The van der Waals surface area contributed by atoms with E-state index in [0.717, 1.165) is 9.80 Å². The fourth-order valence-electron chi connectivity index (χ4n) is 6.75. The van der Waals surface area contributed by atoms with Gasteiger partial charge in [-0.3, -0.25) is 24.2 Å². The Labute approximate surface area is 321 Å². The first kappa shape index (κ1) is 38.0. The van der Waals surface area contributed by atoms with Crippen molar-refractivity contribution < 1.29 is 46.2 Å². The van der Waals surface area contributed by atoms with Crippen molar-refractivity contribution >= 4 is 58.3 Å². The number of carbonyl (C=O) groups is 4. The van der Waals surface area contributed by atoms with E-state index in [0.29, 0.717) is 40.7 Å². The summed E-state index contributed by atoms with van der Waals surface area (Å²) < 4.78 is 69.0. The quantitative estimate of drug-likeness (QED) is 0.162. The van der Waals surface area contributed by atoms with Crippen molar-refractivity contribution in [2.24, 2.45) is 5.92 Å². The summed E-state index contributed by atoms with van der Waals surface area (Å²) in [4.78, 5) is 58.8. The maximum atomic E-state index is 14.9. The number of ether oxygens (including phenoxy) is 2. The lowest BCUT2D eigenvalue weighted by molar-refractivity contribution is -0.193. The fourth-order valence-corrected chi connectivity index (χ4v) is 7.42. The zero-order valence-electron chi connectivity index (χ0n) is 29.2. The van der Waals surface area contributed by atoms with Gasteiger partial charge in [0, 0.05) is 77.7 Å². The molecule has 7 rings (SSSR count). The lowest BCUT2D eigenvalue weighted by atomic mass is 9.96. The van der Waals surface area contributed by atoms with Crippen LogP contribution in [0.3, 0.4) is 0 Å². The standard InChI is InChI=1S/C38H31Cl2F4N5O6/c1-19(9-10-20(2)50)17-48-33-28(54-37(41,42)35(48)52)13-21(15-45-33)24-5-3-7-26(31(24)39)27-8-4-6-25(32(27)40)22-14-29-34(46-16-22)49(36(53)38(43,44)55-29)18-23-11-12-30(51)47-23/h3-8,13-16,19,23H,9-12,17-18H2,1-2H3,(H,47,51)/t19-,23-/m0/s1. The molecule has 2 aromatic carbocycles. The van der Waals surface area contributed by atoms with Crippen molar-refractivity contribution in [3.63, 3.8) is 0 Å². The van der Waals surface area contributed by atoms with Crippen molar-refractivity contribution in [3.05, 3.63) is 71.0 Å². The maximum absolute atomic E-state index is 14.9. The molecule has 286 valence electrons. The van der Waals surface area contributed by atoms with Gasteiger partial charge in [0.05, 0.1) is 10.0 Å². The molecule has 0 aliphatic carbocycles. The second-order valence-electron chi connectivity index (χ2n) is 13.6. The first-order valence-electron chi connectivity index (χ1n) is 17.2. The molecule has 1 N–H and O–H groups in total. The van der Waals surface area contributed by atoms with E-state index in [-0.39, 0.29) is 82.3 Å². The number of pyridine rings is 2. The number of ketones is 1. The first-order valence-corrected chi connectivity index (χ1v) is 17.9. The highest BCUT2D eigenvalue weighted by Gasteiger charge is 2.53. The molecule has 17 heteroatoms. The molecular formula is C38H31Cl2F4N5O6. The maximum Gasteiger partial charge on any atom is 0.483 e. The number of hydrogen-bond acceptors (Lipinski definition) is 8. The average molecular weight is 801 g/mol. The summed E-state index contributed by atoms with van der Waals surface area (Å²) in [5.74, 6) is -4.72. The van der Waals surface area contributed by atoms with Crippen LogP contribution in [0, 0.1) is 5.92 Å². The van der Waals surface area contributed by atoms with E-state index in [1.807, 2.05) is 0 Å². The number of carbonyl (C=O) groups excluding carboxylic acids is 4. The van der Waals surface area contributed by atoms with Crippen molar-refractivity contribution in [2.45, 2.75) is 57.8 Å². The van der Waals surface area contributed by atoms with Gasteiger partial charge in [0.25, 0.3) is 0 Å². The third-order valence-electron chi connectivity index (χ3n) is 9.52. The van der Waals surface area contributed by atoms with Gasteiger partial charge in [-0.15, -0.1) is 0 Å². The Morgan fingerprint density at radius 2 is 1.35 bits per heavy atom. The van der Waals surface area contributed by atoms with Gasteiger partial charge in [0.2, 0.25) is 5.91 Å². The normalized spacial score (nSPS) is 18.9. The summed E-state index contributed by atoms with van der Waals surface area (Å²) in [7, 11) is 0. The number of amides is 3. The van der Waals surface area contributed by atoms with Gasteiger partial charge in [0.15, 0.2) is 23.1 Å². The number of nitrogens with zero attached hydrogens (tertiary/aromatic N) is 4. The number of Topliss-reactive ketones (excluding diaryl/α,β-unsaturated/α-hetero) is 1. The molecule has 0 spiro atoms. The van der Waals surface area contributed by atoms with Crippen LogP contribution >= 0.6 is 23.2 Å². The van der Waals surface area contributed by atoms with E-state index in [1.54, 1.807) is 43.3 Å². The Balaban J connectivity index is 1.20. The minimum atomic E-state index is -4.19. The predicted octanol–water partition coefficient (Wildman–Crippen LogP) is 7.70. The number of halogens is 6. The Bertz CT molecular complexity index is 2260. The van der Waals surface area contributed by atoms with Crippen LogP contribution in [0.1, 0.15) is 39.5 Å². The molecule has 3 amide bonds. The third-order valence-corrected chi connectivity index (χ3v) is 10.3. The highest BCUT2D eigenvalue weighted by atomic mass is 35.5. The highest BCUT2D eigenvalue weighted by Crippen LogP contribution is 2.46. The van der Waals surface area contributed by atoms with Gasteiger partial charge in [-0.1, -0.05) is 66.5 Å². The number of nitrogens with one attached hydrogen (secondary N) is 1. The molecule has 0 bridgehead atoms. The van der Waals surface area contributed by atoms with Gasteiger partial charge >= 0.3 is 24.0 Å². The number of anilines is 2. The molecule has 3 aliphatic rings. The Hall–Kier alpha value is -5.28. The monoisotopic (exact) mass is 799 g/mol. The van der Waals surface area contributed by atoms with E-state index in [4.69, 9.17) is 32.7 Å². The molecule has 11 nitrogen and oxygen atoms in total. The summed E-state index contributed by atoms with van der Waals surface area (Å²) in [5, 5.41) is 2.98. The zero-order chi connectivity index (χ0) is 39.4. The molecule has 1 saturated heterocycles. The van der Waals surface area contributed by atoms with Crippen molar-refractivity contribution in [1.29, 1.82) is 0 Å². The molecule has 2 atom stereocenters. The first-order chi connectivity index (χ1) is 26.0. The van der Waals surface area contributed by atoms with Crippen molar-refractivity contribution in [2.75, 3.05) is 22.9 Å². The van der Waals surface area contributed by atoms with Gasteiger partial charge < -0.3 is 19.6 Å². The van der Waals surface area contributed by atoms with Crippen LogP contribution in [-0.4, -0.2) is 64.8 Å². The molecule has 3 aliphatic heterocycles. The minimum absolute atomic E-state index is 0.0579. The second-order valence-corrected chi connectivity index (χ2v) is 14.4. The molecule has 4 aromatic rings. The van der Waals surface area contributed by atoms with E-state index in [2.05, 4.69) is 15.3 Å². The van der Waals surface area contributed by atoms with E-state index in [1.165, 1.54) is 31.5 Å². The van der Waals surface area contributed by atoms with Crippen LogP contribution < -0.4 is 24.6 Å². The van der Waals surface area contributed by atoms with Crippen LogP contribution in [0.25, 0.3) is 33.4 Å². The fraction of sp³-hybridized carbons (Fsp3) is 0.316. The molecule has 0 saturated carbocycles. The molecular weight excluding hydrogens is 769 g/mol. The highest BCUT2D eigenvalue weighted by molar-refractivity contribution is 6.39. The van der Waals surface area contributed by atoms with Crippen LogP contribution in [0.4, 0.5) is 29.2 Å². The number of rotatable bonds is 10. The van der Waals surface area contributed by atoms with Gasteiger partial charge in [0.1, 0.15) is 5.78 Å². The number of hydrogen-bond donors (Lipinski definition) is 1. The average Bonchev–Trinajstić information content (AvgIpc) is 3.55. The van der Waals surface area contributed by atoms with Gasteiger partial charge in [-0.05, 0) is 37.8 Å². The van der Waals surface area contributed by atoms with Crippen LogP contribution in [0.2, 0.25) is 10.0 Å². The Kier molecular flexibility index (Phi) is 9.96. The largest absolute Gasteiger partial charge is 0.483 e. The van der Waals surface area contributed by atoms with Crippen LogP contribution in [-0.2, 0) is 19.2 Å². The summed E-state index contributed by atoms with van der Waals surface area (Å²) in [6.07, 6.45) is -4.43. The van der Waals surface area contributed by atoms with Crippen molar-refractivity contribution in [3.8, 4) is 44.9 Å². The van der Waals surface area contributed by atoms with E-state index >= 15 is 0 Å². The van der Waals surface area contributed by atoms with E-state index < -0.39 is 30.1 Å². The minimum Gasteiger partial charge on any atom is -0.421 e. The summed E-state index contributed by atoms with van der Waals surface area (Å²) in [6, 6.07) is 12.0. The molecule has 2 aromatic heterocycles. The van der Waals surface area contributed by atoms with Crippen molar-refractivity contribution in [1.82, 2.24) is 15.3 Å². The lowest BCUT2D eigenvalue weighted by Gasteiger charge is -2.34. The SMILES string of the molecule is CC(=O)CC[C@H](C)CN1C(=O)C(F)(F)Oc2cc(-c3cccc(-c4cccc(-c5cnc6c(c5)OC(F)(F)C(=O)N6C[C@@H]5CCC(=O)N5)c4Cl)c3Cl)cnc21. The molecule has 1 fully saturated rings. The molecule has 5 heterocycles. The van der Waals surface area contributed by atoms with Crippen LogP contribution in [0.5, 0.6) is 11.5 Å². The predicted molar refractivity (Wildman–Crippen MR) is 194 cm³/mol. The van der Waals surface area contributed by atoms with E-state index in [9.17, 15) is 36.7 Å². The third kappa shape index (κ3) is 7.30. The summed E-state index contributed by atoms with van der Waals surface area (Å²) in [5.41, 5.74) is 2.16. The molecule has 0 radical (unpaired) electrons. The zero-order valence-corrected chi connectivity index (χ0v) is 30.7.